The van der Waals surface area contributed by atoms with Gasteiger partial charge in [-0.25, -0.2) is 19.4 Å². The molecule has 0 aliphatic heterocycles. The first-order valence-corrected chi connectivity index (χ1v) is 8.46. The molecule has 23 heavy (non-hydrogen) atoms. The van der Waals surface area contributed by atoms with E-state index in [4.69, 9.17) is 10.5 Å². The molecule has 1 saturated carbocycles. The molecule has 3 rings (SSSR count). The van der Waals surface area contributed by atoms with E-state index in [9.17, 15) is 4.79 Å². The second-order valence-electron chi connectivity index (χ2n) is 6.66. The molecular weight excluding hydrogens is 411 g/mol. The zero-order valence-corrected chi connectivity index (χ0v) is 15.4. The van der Waals surface area contributed by atoms with Crippen molar-refractivity contribution >= 4 is 45.5 Å². The minimum Gasteiger partial charge on any atom is -0.444 e. The molecule has 0 atom stereocenters. The van der Waals surface area contributed by atoms with Gasteiger partial charge in [0.05, 0.1) is 11.4 Å². The standard InChI is InChI=1S/C14H19IN6O2/c1-14(2,3)23-13(22)19-7-4-8(5-7)21-12-9(10(15)20-21)11(16)17-6-18-12/h6-8H,4-5H2,1-3H3,(H,19,22)(H2,16,17,18)/t7-,8+. The smallest absolute Gasteiger partial charge is 0.407 e. The summed E-state index contributed by atoms with van der Waals surface area (Å²) < 4.78 is 7.93. The highest BCUT2D eigenvalue weighted by Crippen LogP contribution is 2.35. The van der Waals surface area contributed by atoms with Gasteiger partial charge in [-0.05, 0) is 56.2 Å². The number of fused-ring (bicyclic) bond motifs is 1. The maximum absolute atomic E-state index is 11.8. The number of aromatic nitrogens is 4. The summed E-state index contributed by atoms with van der Waals surface area (Å²) in [4.78, 5) is 20.1. The van der Waals surface area contributed by atoms with Crippen LogP contribution in [-0.4, -0.2) is 37.5 Å². The van der Waals surface area contributed by atoms with Gasteiger partial charge in [0.1, 0.15) is 21.4 Å². The van der Waals surface area contributed by atoms with Crippen molar-refractivity contribution in [3.05, 3.63) is 10.0 Å². The molecule has 1 aliphatic rings. The van der Waals surface area contributed by atoms with Gasteiger partial charge >= 0.3 is 6.09 Å². The molecule has 8 nitrogen and oxygen atoms in total. The lowest BCUT2D eigenvalue weighted by Gasteiger charge is -2.36. The van der Waals surface area contributed by atoms with Gasteiger partial charge in [-0.1, -0.05) is 0 Å². The number of hydrogen-bond acceptors (Lipinski definition) is 6. The fourth-order valence-electron chi connectivity index (χ4n) is 2.59. The van der Waals surface area contributed by atoms with Crippen LogP contribution in [0, 0.1) is 3.70 Å². The summed E-state index contributed by atoms with van der Waals surface area (Å²) in [6.45, 7) is 5.54. The molecule has 9 heteroatoms. The number of hydrogen-bond donors (Lipinski definition) is 2. The average molecular weight is 430 g/mol. The SMILES string of the molecule is CC(C)(C)OC(=O)N[C@H]1C[C@@H](n2nc(I)c3c(N)ncnc32)C1. The Labute approximate surface area is 147 Å². The fourth-order valence-corrected chi connectivity index (χ4v) is 3.34. The molecule has 2 aromatic rings. The lowest BCUT2D eigenvalue weighted by atomic mass is 9.87. The number of nitrogens with zero attached hydrogens (tertiary/aromatic N) is 4. The van der Waals surface area contributed by atoms with Crippen LogP contribution in [0.5, 0.6) is 0 Å². The summed E-state index contributed by atoms with van der Waals surface area (Å²) >= 11 is 2.14. The Morgan fingerprint density at radius 2 is 2.13 bits per heavy atom. The number of ether oxygens (including phenoxy) is 1. The molecule has 0 bridgehead atoms. The molecule has 3 N–H and O–H groups in total. The van der Waals surface area contributed by atoms with Crippen LogP contribution < -0.4 is 11.1 Å². The maximum atomic E-state index is 11.8. The molecule has 0 saturated heterocycles. The first-order chi connectivity index (χ1) is 10.7. The van der Waals surface area contributed by atoms with Crippen molar-refractivity contribution in [3.63, 3.8) is 0 Å². The second-order valence-corrected chi connectivity index (χ2v) is 7.68. The van der Waals surface area contributed by atoms with Crippen molar-refractivity contribution in [2.45, 2.75) is 51.3 Å². The lowest BCUT2D eigenvalue weighted by Crippen LogP contribution is -2.46. The van der Waals surface area contributed by atoms with E-state index < -0.39 is 5.60 Å². The van der Waals surface area contributed by atoms with Crippen LogP contribution in [0.25, 0.3) is 11.0 Å². The molecule has 2 heterocycles. The van der Waals surface area contributed by atoms with Gasteiger partial charge in [0.2, 0.25) is 0 Å². The third-order valence-electron chi connectivity index (χ3n) is 3.66. The van der Waals surface area contributed by atoms with Crippen LogP contribution in [0.3, 0.4) is 0 Å². The number of carbonyl (C=O) groups excluding carboxylic acids is 1. The number of anilines is 1. The third kappa shape index (κ3) is 3.33. The first-order valence-electron chi connectivity index (χ1n) is 7.38. The van der Waals surface area contributed by atoms with Crippen molar-refractivity contribution in [3.8, 4) is 0 Å². The van der Waals surface area contributed by atoms with E-state index in [-0.39, 0.29) is 18.2 Å². The maximum Gasteiger partial charge on any atom is 0.407 e. The summed E-state index contributed by atoms with van der Waals surface area (Å²) in [6.07, 6.45) is 2.64. The Balaban J connectivity index is 1.66. The molecule has 1 aliphatic carbocycles. The van der Waals surface area contributed by atoms with Crippen molar-refractivity contribution in [1.82, 2.24) is 25.1 Å². The number of alkyl carbamates (subject to hydrolysis) is 1. The van der Waals surface area contributed by atoms with E-state index >= 15 is 0 Å². The van der Waals surface area contributed by atoms with Crippen molar-refractivity contribution in [1.29, 1.82) is 0 Å². The van der Waals surface area contributed by atoms with Gasteiger partial charge < -0.3 is 15.8 Å². The summed E-state index contributed by atoms with van der Waals surface area (Å²) in [5.41, 5.74) is 6.15. The molecular formula is C14H19IN6O2. The molecule has 0 radical (unpaired) electrons. The van der Waals surface area contributed by atoms with Gasteiger partial charge in [-0.15, -0.1) is 0 Å². The zero-order chi connectivity index (χ0) is 16.8. The van der Waals surface area contributed by atoms with Gasteiger partial charge in [0.15, 0.2) is 5.65 Å². The predicted octanol–water partition coefficient (Wildman–Crippen LogP) is 2.24. The number of nitrogens with two attached hydrogens (primary N) is 1. The van der Waals surface area contributed by atoms with Crippen molar-refractivity contribution in [2.24, 2.45) is 0 Å². The first kappa shape index (κ1) is 16.2. The van der Waals surface area contributed by atoms with E-state index in [0.29, 0.717) is 5.82 Å². The molecule has 1 amide bonds. The Bertz CT molecular complexity index is 748. The topological polar surface area (TPSA) is 108 Å². The average Bonchev–Trinajstić information content (AvgIpc) is 2.70. The molecule has 0 spiro atoms. The van der Waals surface area contributed by atoms with Crippen molar-refractivity contribution < 1.29 is 9.53 Å². The second kappa shape index (κ2) is 5.77. The summed E-state index contributed by atoms with van der Waals surface area (Å²) in [6, 6.07) is 0.279. The van der Waals surface area contributed by atoms with Crippen LogP contribution in [-0.2, 0) is 4.74 Å². The fraction of sp³-hybridized carbons (Fsp3) is 0.571. The molecule has 0 aromatic carbocycles. The quantitative estimate of drug-likeness (QED) is 0.708. The molecule has 124 valence electrons. The van der Waals surface area contributed by atoms with Gasteiger partial charge in [0, 0.05) is 6.04 Å². The minimum atomic E-state index is -0.490. The number of nitrogens with one attached hydrogen (secondary N) is 1. The number of amides is 1. The van der Waals surface area contributed by atoms with E-state index in [1.165, 1.54) is 6.33 Å². The van der Waals surface area contributed by atoms with E-state index in [1.807, 2.05) is 25.5 Å². The van der Waals surface area contributed by atoms with Crippen molar-refractivity contribution in [2.75, 3.05) is 5.73 Å². The lowest BCUT2D eigenvalue weighted by molar-refractivity contribution is 0.0454. The monoisotopic (exact) mass is 430 g/mol. The van der Waals surface area contributed by atoms with E-state index in [2.05, 4.69) is 43.0 Å². The van der Waals surface area contributed by atoms with Crippen LogP contribution in [0.2, 0.25) is 0 Å². The number of nitrogen functional groups attached to an aromatic ring is 1. The van der Waals surface area contributed by atoms with Crippen LogP contribution in [0.4, 0.5) is 10.6 Å². The Kier molecular flexibility index (Phi) is 4.07. The summed E-state index contributed by atoms with van der Waals surface area (Å²) in [5.74, 6) is 0.438. The highest BCUT2D eigenvalue weighted by Gasteiger charge is 2.35. The van der Waals surface area contributed by atoms with Gasteiger partial charge in [0.25, 0.3) is 0 Å². The van der Waals surface area contributed by atoms with Crippen LogP contribution >= 0.6 is 22.6 Å². The minimum absolute atomic E-state index is 0.0888. The molecule has 1 fully saturated rings. The largest absolute Gasteiger partial charge is 0.444 e. The van der Waals surface area contributed by atoms with E-state index in [0.717, 1.165) is 27.6 Å². The van der Waals surface area contributed by atoms with Crippen LogP contribution in [0.15, 0.2) is 6.33 Å². The highest BCUT2D eigenvalue weighted by atomic mass is 127. The number of carbonyl (C=O) groups is 1. The molecule has 2 aromatic heterocycles. The van der Waals surface area contributed by atoms with Gasteiger partial charge in [-0.2, -0.15) is 5.10 Å². The van der Waals surface area contributed by atoms with Gasteiger partial charge in [-0.3, -0.25) is 0 Å². The highest BCUT2D eigenvalue weighted by molar-refractivity contribution is 14.1. The molecule has 0 unspecified atom stereocenters. The zero-order valence-electron chi connectivity index (χ0n) is 13.2. The Morgan fingerprint density at radius 1 is 1.43 bits per heavy atom. The van der Waals surface area contributed by atoms with Crippen LogP contribution in [0.1, 0.15) is 39.7 Å². The third-order valence-corrected chi connectivity index (χ3v) is 4.41. The Morgan fingerprint density at radius 3 is 2.78 bits per heavy atom. The number of halogens is 1. The summed E-state index contributed by atoms with van der Waals surface area (Å²) in [5, 5.41) is 8.19. The predicted molar refractivity (Wildman–Crippen MR) is 93.9 cm³/mol. The summed E-state index contributed by atoms with van der Waals surface area (Å²) in [7, 11) is 0. The Hall–Kier alpha value is -1.65. The number of rotatable bonds is 2. The van der Waals surface area contributed by atoms with E-state index in [1.54, 1.807) is 0 Å². The normalized spacial score (nSPS) is 21.0.